The number of nitrogens with one attached hydrogen (secondary N) is 1. The van der Waals surface area contributed by atoms with Crippen LogP contribution in [0.1, 0.15) is 18.9 Å². The third-order valence-corrected chi connectivity index (χ3v) is 4.87. The second-order valence-corrected chi connectivity index (χ2v) is 7.34. The maximum absolute atomic E-state index is 12.2. The van der Waals surface area contributed by atoms with Crippen molar-refractivity contribution in [3.63, 3.8) is 0 Å². The smallest absolute Gasteiger partial charge is 0.215 e. The second kappa shape index (κ2) is 8.12. The quantitative estimate of drug-likeness (QED) is 0.759. The zero-order chi connectivity index (χ0) is 16.7. The van der Waals surface area contributed by atoms with Crippen LogP contribution in [0.25, 0.3) is 0 Å². The fraction of sp³-hybridized carbons (Fsp3) is 0.438. The number of sulfonamides is 1. The maximum Gasteiger partial charge on any atom is 0.215 e. The Morgan fingerprint density at radius 1 is 1.30 bits per heavy atom. The van der Waals surface area contributed by atoms with Crippen molar-refractivity contribution < 1.29 is 13.2 Å². The van der Waals surface area contributed by atoms with E-state index in [0.717, 1.165) is 5.56 Å². The zero-order valence-corrected chi connectivity index (χ0v) is 14.3. The van der Waals surface area contributed by atoms with Crippen molar-refractivity contribution in [2.45, 2.75) is 32.9 Å². The van der Waals surface area contributed by atoms with Gasteiger partial charge in [0.15, 0.2) is 0 Å². The number of benzene rings is 1. The molecule has 2 rings (SSSR count). The molecule has 1 heterocycles. The Bertz CT molecular complexity index is 682. The molecule has 0 bridgehead atoms. The molecule has 1 aromatic heterocycles. The summed E-state index contributed by atoms with van der Waals surface area (Å²) in [6.45, 7) is 4.63. The fourth-order valence-corrected chi connectivity index (χ4v) is 3.29. The van der Waals surface area contributed by atoms with Gasteiger partial charge in [-0.15, -0.1) is 0 Å². The van der Waals surface area contributed by atoms with E-state index in [1.165, 1.54) is 0 Å². The molecule has 0 spiro atoms. The highest BCUT2D eigenvalue weighted by Gasteiger charge is 2.17. The van der Waals surface area contributed by atoms with Crippen molar-refractivity contribution >= 4 is 10.0 Å². The van der Waals surface area contributed by atoms with Gasteiger partial charge in [0, 0.05) is 25.0 Å². The molecule has 7 heteroatoms. The molecule has 1 N–H and O–H groups in total. The molecule has 0 amide bonds. The molecular weight excluding hydrogens is 314 g/mol. The van der Waals surface area contributed by atoms with Crippen molar-refractivity contribution in [1.29, 1.82) is 0 Å². The topological polar surface area (TPSA) is 73.2 Å². The Morgan fingerprint density at radius 3 is 2.65 bits per heavy atom. The summed E-state index contributed by atoms with van der Waals surface area (Å²) in [4.78, 5) is 3.96. The van der Waals surface area contributed by atoms with Gasteiger partial charge < -0.3 is 9.30 Å². The summed E-state index contributed by atoms with van der Waals surface area (Å²) in [5.74, 6) is 0.609. The van der Waals surface area contributed by atoms with Crippen LogP contribution >= 0.6 is 0 Å². The summed E-state index contributed by atoms with van der Waals surface area (Å²) < 4.78 is 34.4. The summed E-state index contributed by atoms with van der Waals surface area (Å²) in [6.07, 6.45) is 5.88. The first-order chi connectivity index (χ1) is 11.0. The Morgan fingerprint density at radius 2 is 2.04 bits per heavy atom. The highest BCUT2D eigenvalue weighted by atomic mass is 32.2. The summed E-state index contributed by atoms with van der Waals surface area (Å²) in [5, 5.41) is 0. The van der Waals surface area contributed by atoms with E-state index in [-0.39, 0.29) is 18.4 Å². The van der Waals surface area contributed by atoms with E-state index in [1.54, 1.807) is 12.5 Å². The average Bonchev–Trinajstić information content (AvgIpc) is 3.01. The standard InChI is InChI=1S/C16H23N3O3S/c1-3-15(12-19-9-8-17-13-19)18-23(20,21)11-10-22-16-6-4-14(2)5-7-16/h4-9,13,15,18H,3,10-12H2,1-2H3/t15-/m1/s1. The highest BCUT2D eigenvalue weighted by Crippen LogP contribution is 2.11. The van der Waals surface area contributed by atoms with Gasteiger partial charge in [0.2, 0.25) is 10.0 Å². The van der Waals surface area contributed by atoms with E-state index >= 15 is 0 Å². The lowest BCUT2D eigenvalue weighted by Gasteiger charge is -2.17. The lowest BCUT2D eigenvalue weighted by atomic mass is 10.2. The number of imidazole rings is 1. The molecule has 0 saturated carbocycles. The molecule has 0 radical (unpaired) electrons. The van der Waals surface area contributed by atoms with Crippen LogP contribution in [0.5, 0.6) is 5.75 Å². The molecule has 0 aliphatic carbocycles. The second-order valence-electron chi connectivity index (χ2n) is 5.46. The molecule has 0 unspecified atom stereocenters. The van der Waals surface area contributed by atoms with E-state index in [2.05, 4.69) is 9.71 Å². The summed E-state index contributed by atoms with van der Waals surface area (Å²) in [5.41, 5.74) is 1.14. The molecular formula is C16H23N3O3S. The number of aryl methyl sites for hydroxylation is 1. The normalized spacial score (nSPS) is 13.0. The first-order valence-electron chi connectivity index (χ1n) is 7.63. The molecule has 6 nitrogen and oxygen atoms in total. The van der Waals surface area contributed by atoms with Crippen LogP contribution in [-0.2, 0) is 16.6 Å². The van der Waals surface area contributed by atoms with E-state index in [4.69, 9.17) is 4.74 Å². The van der Waals surface area contributed by atoms with Crippen molar-refractivity contribution in [3.05, 3.63) is 48.5 Å². The number of aromatic nitrogens is 2. The third-order valence-electron chi connectivity index (χ3n) is 3.47. The number of hydrogen-bond acceptors (Lipinski definition) is 4. The van der Waals surface area contributed by atoms with Crippen LogP contribution in [-0.4, -0.2) is 36.4 Å². The van der Waals surface area contributed by atoms with Crippen molar-refractivity contribution in [3.8, 4) is 5.75 Å². The van der Waals surface area contributed by atoms with Crippen molar-refractivity contribution in [2.24, 2.45) is 0 Å². The molecule has 126 valence electrons. The highest BCUT2D eigenvalue weighted by molar-refractivity contribution is 7.89. The summed E-state index contributed by atoms with van der Waals surface area (Å²) >= 11 is 0. The van der Waals surface area contributed by atoms with E-state index in [9.17, 15) is 8.42 Å². The monoisotopic (exact) mass is 337 g/mol. The first-order valence-corrected chi connectivity index (χ1v) is 9.29. The SMILES string of the molecule is CC[C@H](Cn1ccnc1)NS(=O)(=O)CCOc1ccc(C)cc1. The fourth-order valence-electron chi connectivity index (χ4n) is 2.12. The molecule has 0 aliphatic heterocycles. The van der Waals surface area contributed by atoms with Crippen LogP contribution in [0, 0.1) is 6.92 Å². The lowest BCUT2D eigenvalue weighted by molar-refractivity contribution is 0.339. The predicted octanol–water partition coefficient (Wildman–Crippen LogP) is 1.97. The molecule has 23 heavy (non-hydrogen) atoms. The minimum atomic E-state index is -3.38. The molecule has 0 fully saturated rings. The van der Waals surface area contributed by atoms with Crippen LogP contribution in [0.3, 0.4) is 0 Å². The predicted molar refractivity (Wildman–Crippen MR) is 89.9 cm³/mol. The molecule has 2 aromatic rings. The van der Waals surface area contributed by atoms with Crippen molar-refractivity contribution in [2.75, 3.05) is 12.4 Å². The van der Waals surface area contributed by atoms with E-state index in [0.29, 0.717) is 18.7 Å². The number of nitrogens with zero attached hydrogens (tertiary/aromatic N) is 2. The Balaban J connectivity index is 1.81. The first kappa shape index (κ1) is 17.5. The molecule has 1 atom stereocenters. The van der Waals surface area contributed by atoms with Gasteiger partial charge in [0.1, 0.15) is 12.4 Å². The van der Waals surface area contributed by atoms with Gasteiger partial charge in [-0.05, 0) is 25.5 Å². The van der Waals surface area contributed by atoms with Crippen LogP contribution in [0.2, 0.25) is 0 Å². The van der Waals surface area contributed by atoms with Gasteiger partial charge >= 0.3 is 0 Å². The van der Waals surface area contributed by atoms with Gasteiger partial charge in [0.25, 0.3) is 0 Å². The van der Waals surface area contributed by atoms with Crippen LogP contribution in [0.4, 0.5) is 0 Å². The Hall–Kier alpha value is -1.86. The van der Waals surface area contributed by atoms with Gasteiger partial charge in [-0.2, -0.15) is 0 Å². The largest absolute Gasteiger partial charge is 0.492 e. The lowest BCUT2D eigenvalue weighted by Crippen LogP contribution is -2.39. The number of hydrogen-bond donors (Lipinski definition) is 1. The minimum absolute atomic E-state index is 0.0681. The van der Waals surface area contributed by atoms with Gasteiger partial charge in [-0.1, -0.05) is 24.6 Å². The van der Waals surface area contributed by atoms with Crippen molar-refractivity contribution in [1.82, 2.24) is 14.3 Å². The average molecular weight is 337 g/mol. The van der Waals surface area contributed by atoms with E-state index < -0.39 is 10.0 Å². The Labute approximate surface area is 137 Å². The van der Waals surface area contributed by atoms with Gasteiger partial charge in [-0.3, -0.25) is 0 Å². The maximum atomic E-state index is 12.2. The van der Waals surface area contributed by atoms with Gasteiger partial charge in [0.05, 0.1) is 12.1 Å². The molecule has 1 aromatic carbocycles. The number of ether oxygens (including phenoxy) is 1. The van der Waals surface area contributed by atoms with Gasteiger partial charge in [-0.25, -0.2) is 18.1 Å². The minimum Gasteiger partial charge on any atom is -0.492 e. The molecule has 0 saturated heterocycles. The summed E-state index contributed by atoms with van der Waals surface area (Å²) in [7, 11) is -3.38. The Kier molecular flexibility index (Phi) is 6.18. The van der Waals surface area contributed by atoms with Crippen LogP contribution < -0.4 is 9.46 Å². The molecule has 0 aliphatic rings. The number of rotatable bonds is 9. The van der Waals surface area contributed by atoms with Crippen LogP contribution in [0.15, 0.2) is 43.0 Å². The van der Waals surface area contributed by atoms with E-state index in [1.807, 2.05) is 48.9 Å². The third kappa shape index (κ3) is 6.03. The zero-order valence-electron chi connectivity index (χ0n) is 13.5. The summed E-state index contributed by atoms with van der Waals surface area (Å²) in [6, 6.07) is 7.38.